The quantitative estimate of drug-likeness (QED) is 0.508. The Hall–Kier alpha value is -3.55. The van der Waals surface area contributed by atoms with Crippen LogP contribution in [0.5, 0.6) is 5.75 Å². The molecule has 0 aliphatic heterocycles. The van der Waals surface area contributed by atoms with Crippen molar-refractivity contribution < 1.29 is 13.9 Å². The van der Waals surface area contributed by atoms with E-state index in [1.807, 2.05) is 45.0 Å². The number of rotatable bonds is 7. The van der Waals surface area contributed by atoms with Crippen LogP contribution >= 0.6 is 0 Å². The summed E-state index contributed by atoms with van der Waals surface area (Å²) < 4.78 is 14.0. The van der Waals surface area contributed by atoms with Gasteiger partial charge in [0.1, 0.15) is 23.6 Å². The van der Waals surface area contributed by atoms with Gasteiger partial charge in [0.2, 0.25) is 5.91 Å². The van der Waals surface area contributed by atoms with Gasteiger partial charge >= 0.3 is 0 Å². The highest BCUT2D eigenvalue weighted by molar-refractivity contribution is 5.82. The van der Waals surface area contributed by atoms with Gasteiger partial charge in [0.15, 0.2) is 5.58 Å². The van der Waals surface area contributed by atoms with Crippen molar-refractivity contribution in [2.24, 2.45) is 0 Å². The summed E-state index contributed by atoms with van der Waals surface area (Å²) in [6.07, 6.45) is 2.30. The predicted molar refractivity (Wildman–Crippen MR) is 113 cm³/mol. The largest absolute Gasteiger partial charge is 0.491 e. The maximum atomic E-state index is 12.8. The minimum absolute atomic E-state index is 0.107. The second-order valence-electron chi connectivity index (χ2n) is 7.35. The molecule has 3 heterocycles. The lowest BCUT2D eigenvalue weighted by Crippen LogP contribution is -2.35. The second kappa shape index (κ2) is 8.06. The Labute approximate surface area is 173 Å². The number of amides is 1. The van der Waals surface area contributed by atoms with Crippen molar-refractivity contribution in [2.75, 3.05) is 0 Å². The van der Waals surface area contributed by atoms with Crippen LogP contribution in [0.3, 0.4) is 0 Å². The van der Waals surface area contributed by atoms with E-state index in [-0.39, 0.29) is 24.1 Å². The van der Waals surface area contributed by atoms with Crippen LogP contribution in [0.2, 0.25) is 0 Å². The number of benzene rings is 1. The predicted octanol–water partition coefficient (Wildman–Crippen LogP) is 2.91. The van der Waals surface area contributed by atoms with Crippen molar-refractivity contribution in [1.29, 1.82) is 0 Å². The Bertz CT molecular complexity index is 1250. The smallest absolute Gasteiger partial charge is 0.291 e. The van der Waals surface area contributed by atoms with E-state index in [4.69, 9.17) is 9.15 Å². The van der Waals surface area contributed by atoms with Crippen LogP contribution in [-0.4, -0.2) is 26.2 Å². The van der Waals surface area contributed by atoms with E-state index in [1.165, 1.54) is 4.68 Å². The molecule has 0 spiro atoms. The van der Waals surface area contributed by atoms with Crippen molar-refractivity contribution >= 4 is 22.5 Å². The van der Waals surface area contributed by atoms with Gasteiger partial charge in [-0.25, -0.2) is 4.68 Å². The molecule has 30 heavy (non-hydrogen) atoms. The molecule has 8 heteroatoms. The molecule has 0 atom stereocenters. The van der Waals surface area contributed by atoms with Crippen LogP contribution in [0.1, 0.15) is 32.2 Å². The molecular weight excluding hydrogens is 384 g/mol. The maximum absolute atomic E-state index is 12.8. The van der Waals surface area contributed by atoms with E-state index in [9.17, 15) is 9.59 Å². The first-order valence-electron chi connectivity index (χ1n) is 9.97. The summed E-state index contributed by atoms with van der Waals surface area (Å²) in [5, 5.41) is 7.24. The average Bonchev–Trinajstić information content (AvgIpc) is 3.31. The van der Waals surface area contributed by atoms with E-state index >= 15 is 0 Å². The third-order valence-corrected chi connectivity index (χ3v) is 4.77. The van der Waals surface area contributed by atoms with Crippen molar-refractivity contribution in [3.8, 4) is 5.75 Å². The van der Waals surface area contributed by atoms with Gasteiger partial charge in [0.25, 0.3) is 5.56 Å². The van der Waals surface area contributed by atoms with Crippen molar-refractivity contribution in [1.82, 2.24) is 19.5 Å². The topological polar surface area (TPSA) is 90.8 Å². The van der Waals surface area contributed by atoms with Gasteiger partial charge in [-0.05, 0) is 31.5 Å². The van der Waals surface area contributed by atoms with E-state index in [0.29, 0.717) is 29.9 Å². The summed E-state index contributed by atoms with van der Waals surface area (Å²) in [6, 6.07) is 11.0. The second-order valence-corrected chi connectivity index (χ2v) is 7.35. The minimum atomic E-state index is -0.330. The molecule has 4 aromatic rings. The molecule has 1 N–H and O–H groups in total. The third-order valence-electron chi connectivity index (χ3n) is 4.77. The van der Waals surface area contributed by atoms with Crippen LogP contribution in [-0.2, 0) is 24.3 Å². The number of aromatic nitrogens is 3. The highest BCUT2D eigenvalue weighted by Gasteiger charge is 2.16. The molecule has 1 amide bonds. The SMILES string of the molecule is CCc1nn(CC(=O)NCc2ccc(OC(C)C)cc2)c(=O)c2cc3occc3n12. The van der Waals surface area contributed by atoms with Crippen LogP contribution in [0.4, 0.5) is 0 Å². The molecule has 0 unspecified atom stereocenters. The Morgan fingerprint density at radius 3 is 2.67 bits per heavy atom. The fraction of sp³-hybridized carbons (Fsp3) is 0.318. The molecule has 3 aromatic heterocycles. The fourth-order valence-electron chi connectivity index (χ4n) is 3.41. The van der Waals surface area contributed by atoms with Gasteiger partial charge in [-0.15, -0.1) is 0 Å². The Balaban J connectivity index is 1.49. The number of carbonyl (C=O) groups is 1. The van der Waals surface area contributed by atoms with Crippen LogP contribution in [0.25, 0.3) is 16.6 Å². The minimum Gasteiger partial charge on any atom is -0.491 e. The number of furan rings is 1. The van der Waals surface area contributed by atoms with Crippen molar-refractivity contribution in [3.05, 3.63) is 64.4 Å². The fourth-order valence-corrected chi connectivity index (χ4v) is 3.41. The summed E-state index contributed by atoms with van der Waals surface area (Å²) in [4.78, 5) is 25.3. The molecular formula is C22H24N4O4. The Kier molecular flexibility index (Phi) is 5.31. The number of fused-ring (bicyclic) bond motifs is 3. The lowest BCUT2D eigenvalue weighted by atomic mass is 10.2. The first-order chi connectivity index (χ1) is 14.5. The molecule has 1 aromatic carbocycles. The molecule has 0 bridgehead atoms. The van der Waals surface area contributed by atoms with Gasteiger partial charge in [0, 0.05) is 25.1 Å². The van der Waals surface area contributed by atoms with Crippen LogP contribution in [0.15, 0.2) is 51.9 Å². The number of hydrogen-bond donors (Lipinski definition) is 1. The number of nitrogens with one attached hydrogen (secondary N) is 1. The summed E-state index contributed by atoms with van der Waals surface area (Å²) in [5.74, 6) is 1.19. The van der Waals surface area contributed by atoms with Crippen LogP contribution < -0.4 is 15.6 Å². The maximum Gasteiger partial charge on any atom is 0.291 e. The molecule has 0 fully saturated rings. The third kappa shape index (κ3) is 3.80. The normalized spacial score (nSPS) is 11.5. The van der Waals surface area contributed by atoms with Crippen molar-refractivity contribution in [3.63, 3.8) is 0 Å². The highest BCUT2D eigenvalue weighted by atomic mass is 16.5. The Morgan fingerprint density at radius 2 is 1.97 bits per heavy atom. The molecule has 0 saturated carbocycles. The van der Waals surface area contributed by atoms with E-state index in [0.717, 1.165) is 16.8 Å². The average molecular weight is 408 g/mol. The number of hydrogen-bond acceptors (Lipinski definition) is 5. The summed E-state index contributed by atoms with van der Waals surface area (Å²) >= 11 is 0. The van der Waals surface area contributed by atoms with Crippen molar-refractivity contribution in [2.45, 2.75) is 46.4 Å². The summed E-state index contributed by atoms with van der Waals surface area (Å²) in [6.45, 7) is 6.10. The first kappa shape index (κ1) is 19.8. The number of carbonyl (C=O) groups excluding carboxylic acids is 1. The monoisotopic (exact) mass is 408 g/mol. The molecule has 8 nitrogen and oxygen atoms in total. The zero-order valence-electron chi connectivity index (χ0n) is 17.2. The van der Waals surface area contributed by atoms with Gasteiger partial charge in [-0.3, -0.25) is 14.0 Å². The zero-order valence-corrected chi connectivity index (χ0v) is 17.2. The molecule has 0 aliphatic carbocycles. The first-order valence-corrected chi connectivity index (χ1v) is 9.97. The summed E-state index contributed by atoms with van der Waals surface area (Å²) in [7, 11) is 0. The highest BCUT2D eigenvalue weighted by Crippen LogP contribution is 2.20. The standard InChI is InChI=1S/C22H24N4O4/c1-4-20-24-25(22(28)18-11-19-17(26(18)20)9-10-29-19)13-21(27)23-12-15-5-7-16(8-6-15)30-14(2)3/h5-11,14H,4,12-13H2,1-3H3,(H,23,27). The van der Waals surface area contributed by atoms with E-state index in [1.54, 1.807) is 22.8 Å². The number of aryl methyl sites for hydroxylation is 1. The number of nitrogens with zero attached hydrogens (tertiary/aromatic N) is 3. The molecule has 156 valence electrons. The molecule has 0 radical (unpaired) electrons. The van der Waals surface area contributed by atoms with Gasteiger partial charge in [-0.1, -0.05) is 19.1 Å². The summed E-state index contributed by atoms with van der Waals surface area (Å²) in [5.41, 5.74) is 2.48. The van der Waals surface area contributed by atoms with E-state index < -0.39 is 0 Å². The van der Waals surface area contributed by atoms with Gasteiger partial charge in [0.05, 0.1) is 17.9 Å². The van der Waals surface area contributed by atoms with Crippen LogP contribution in [0, 0.1) is 0 Å². The zero-order chi connectivity index (χ0) is 21.3. The molecule has 0 saturated heterocycles. The Morgan fingerprint density at radius 1 is 1.20 bits per heavy atom. The lowest BCUT2D eigenvalue weighted by molar-refractivity contribution is -0.122. The lowest BCUT2D eigenvalue weighted by Gasteiger charge is -2.11. The molecule has 0 aliphatic rings. The molecule has 4 rings (SSSR count). The van der Waals surface area contributed by atoms with Gasteiger partial charge < -0.3 is 14.5 Å². The van der Waals surface area contributed by atoms with Gasteiger partial charge in [-0.2, -0.15) is 5.10 Å². The van der Waals surface area contributed by atoms with E-state index in [2.05, 4.69) is 10.4 Å². The number of ether oxygens (including phenoxy) is 1.